The average Bonchev–Trinajstić information content (AvgIpc) is 4.07. The van der Waals surface area contributed by atoms with E-state index in [-0.39, 0.29) is 0 Å². The van der Waals surface area contributed by atoms with E-state index < -0.39 is 0 Å². The third kappa shape index (κ3) is 5.87. The summed E-state index contributed by atoms with van der Waals surface area (Å²) in [6.45, 7) is 0. The highest BCUT2D eigenvalue weighted by Gasteiger charge is 2.23. The third-order valence-electron chi connectivity index (χ3n) is 13.9. The molecule has 14 rings (SSSR count). The minimum atomic E-state index is 0.852. The monoisotopic (exact) mass is 867 g/mol. The molecule has 3 aromatic heterocycles. The number of anilines is 3. The fraction of sp³-hybridized carbons (Fsp3) is 0. The maximum atomic E-state index is 6.78. The van der Waals surface area contributed by atoms with Gasteiger partial charge in [0.1, 0.15) is 5.58 Å². The zero-order valence-corrected chi connectivity index (χ0v) is 36.9. The molecule has 4 nitrogen and oxygen atoms in total. The van der Waals surface area contributed by atoms with Gasteiger partial charge in [-0.05, 0) is 113 Å². The van der Waals surface area contributed by atoms with Crippen LogP contribution in [0.5, 0.6) is 0 Å². The van der Waals surface area contributed by atoms with E-state index in [0.29, 0.717) is 0 Å². The molecule has 4 heteroatoms. The summed E-state index contributed by atoms with van der Waals surface area (Å²) in [6.07, 6.45) is 0. The maximum Gasteiger partial charge on any atom is 0.159 e. The van der Waals surface area contributed by atoms with Crippen molar-refractivity contribution in [3.05, 3.63) is 249 Å². The van der Waals surface area contributed by atoms with Gasteiger partial charge in [0, 0.05) is 54.8 Å². The molecule has 0 spiro atoms. The molecule has 0 radical (unpaired) electrons. The second-order valence-corrected chi connectivity index (χ2v) is 17.7. The summed E-state index contributed by atoms with van der Waals surface area (Å²) in [5.74, 6) is 0. The lowest BCUT2D eigenvalue weighted by Crippen LogP contribution is -2.11. The molecule has 0 saturated heterocycles. The molecule has 0 amide bonds. The second-order valence-electron chi connectivity index (χ2n) is 17.7. The highest BCUT2D eigenvalue weighted by atomic mass is 16.3. The summed E-state index contributed by atoms with van der Waals surface area (Å²) in [4.78, 5) is 2.38. The summed E-state index contributed by atoms with van der Waals surface area (Å²) in [7, 11) is 0. The number of fused-ring (bicyclic) bond motifs is 10. The van der Waals surface area contributed by atoms with Gasteiger partial charge in [0.15, 0.2) is 5.58 Å². The first kappa shape index (κ1) is 38.2. The molecule has 0 bridgehead atoms. The Morgan fingerprint density at radius 2 is 0.838 bits per heavy atom. The van der Waals surface area contributed by atoms with Gasteiger partial charge in [-0.1, -0.05) is 164 Å². The largest absolute Gasteiger partial charge is 0.454 e. The van der Waals surface area contributed by atoms with Crippen molar-refractivity contribution in [2.75, 3.05) is 4.90 Å². The summed E-state index contributed by atoms with van der Waals surface area (Å²) in [5.41, 5.74) is 16.6. The van der Waals surface area contributed by atoms with Gasteiger partial charge < -0.3 is 18.5 Å². The summed E-state index contributed by atoms with van der Waals surface area (Å²) in [5, 5.41) is 9.47. The van der Waals surface area contributed by atoms with Crippen LogP contribution < -0.4 is 4.90 Å². The fourth-order valence-electron chi connectivity index (χ4n) is 10.9. The molecular formula is C64H41N3O. The van der Waals surface area contributed by atoms with Crippen molar-refractivity contribution in [2.24, 2.45) is 0 Å². The second kappa shape index (κ2) is 15.2. The van der Waals surface area contributed by atoms with Gasteiger partial charge in [-0.3, -0.25) is 0 Å². The van der Waals surface area contributed by atoms with E-state index in [1.54, 1.807) is 0 Å². The van der Waals surface area contributed by atoms with Gasteiger partial charge in [0.05, 0.1) is 33.4 Å². The van der Waals surface area contributed by atoms with Crippen LogP contribution in [0.3, 0.4) is 0 Å². The minimum Gasteiger partial charge on any atom is -0.454 e. The lowest BCUT2D eigenvalue weighted by atomic mass is 9.95. The molecule has 0 aliphatic heterocycles. The Kier molecular flexibility index (Phi) is 8.55. The van der Waals surface area contributed by atoms with Crippen molar-refractivity contribution in [1.82, 2.24) is 9.13 Å². The highest BCUT2D eigenvalue weighted by molar-refractivity contribution is 6.15. The van der Waals surface area contributed by atoms with E-state index in [4.69, 9.17) is 4.42 Å². The Morgan fingerprint density at radius 1 is 0.294 bits per heavy atom. The van der Waals surface area contributed by atoms with Crippen LogP contribution in [0.1, 0.15) is 0 Å². The Bertz CT molecular complexity index is 4250. The predicted octanol–water partition coefficient (Wildman–Crippen LogP) is 17.7. The van der Waals surface area contributed by atoms with Crippen LogP contribution in [0.15, 0.2) is 253 Å². The highest BCUT2D eigenvalue weighted by Crippen LogP contribution is 2.47. The topological polar surface area (TPSA) is 26.2 Å². The lowest BCUT2D eigenvalue weighted by molar-refractivity contribution is 0.669. The van der Waals surface area contributed by atoms with Gasteiger partial charge in [-0.25, -0.2) is 0 Å². The number of nitrogens with zero attached hydrogens (tertiary/aromatic N) is 3. The number of aromatic nitrogens is 2. The van der Waals surface area contributed by atoms with E-state index in [9.17, 15) is 0 Å². The van der Waals surface area contributed by atoms with Gasteiger partial charge in [-0.15, -0.1) is 0 Å². The first-order chi connectivity index (χ1) is 33.7. The van der Waals surface area contributed by atoms with Gasteiger partial charge in [0.25, 0.3) is 0 Å². The normalized spacial score (nSPS) is 11.8. The molecule has 68 heavy (non-hydrogen) atoms. The fourth-order valence-corrected chi connectivity index (χ4v) is 10.9. The zero-order chi connectivity index (χ0) is 44.7. The minimum absolute atomic E-state index is 0.852. The Balaban J connectivity index is 0.937. The molecule has 0 aliphatic rings. The molecular weight excluding hydrogens is 827 g/mol. The molecule has 0 N–H and O–H groups in total. The molecule has 318 valence electrons. The first-order valence-corrected chi connectivity index (χ1v) is 23.3. The maximum absolute atomic E-state index is 6.78. The smallest absolute Gasteiger partial charge is 0.159 e. The lowest BCUT2D eigenvalue weighted by Gasteiger charge is -2.27. The van der Waals surface area contributed by atoms with Crippen LogP contribution in [0.2, 0.25) is 0 Å². The molecule has 0 aliphatic carbocycles. The molecule has 14 aromatic rings. The Morgan fingerprint density at radius 3 is 1.57 bits per heavy atom. The number of para-hydroxylation sites is 6. The number of rotatable bonds is 7. The SMILES string of the molecule is c1ccc(-n2c3ccccc3c3cc(-c4ccc(N(c5ccc(-c6ccc7c8ccccc8n(-c8ccccc8)c7c6)c6ccccc56)c5cccc6c5oc5ccccc56)cc4)ccc32)cc1. The number of furan rings is 1. The number of benzene rings is 11. The van der Waals surface area contributed by atoms with E-state index in [0.717, 1.165) is 61.3 Å². The third-order valence-corrected chi connectivity index (χ3v) is 13.9. The molecule has 0 atom stereocenters. The Hall–Kier alpha value is -9.12. The molecule has 0 saturated carbocycles. The summed E-state index contributed by atoms with van der Waals surface area (Å²) in [6, 6.07) is 89.9. The first-order valence-electron chi connectivity index (χ1n) is 23.3. The van der Waals surface area contributed by atoms with Crippen molar-refractivity contribution in [3.63, 3.8) is 0 Å². The van der Waals surface area contributed by atoms with Crippen LogP contribution in [0, 0.1) is 0 Å². The predicted molar refractivity (Wildman–Crippen MR) is 285 cm³/mol. The summed E-state index contributed by atoms with van der Waals surface area (Å²) < 4.78 is 11.5. The van der Waals surface area contributed by atoms with Gasteiger partial charge in [0.2, 0.25) is 0 Å². The Labute approximate surface area is 392 Å². The van der Waals surface area contributed by atoms with Crippen molar-refractivity contribution in [3.8, 4) is 33.6 Å². The average molecular weight is 868 g/mol. The number of hydrogen-bond donors (Lipinski definition) is 0. The van der Waals surface area contributed by atoms with Gasteiger partial charge >= 0.3 is 0 Å². The van der Waals surface area contributed by atoms with Crippen LogP contribution in [0.25, 0.3) is 110 Å². The van der Waals surface area contributed by atoms with Crippen LogP contribution in [-0.2, 0) is 0 Å². The zero-order valence-electron chi connectivity index (χ0n) is 36.9. The van der Waals surface area contributed by atoms with E-state index in [1.165, 1.54) is 65.7 Å². The van der Waals surface area contributed by atoms with E-state index in [2.05, 4.69) is 257 Å². The van der Waals surface area contributed by atoms with Crippen molar-refractivity contribution in [2.45, 2.75) is 0 Å². The van der Waals surface area contributed by atoms with Gasteiger partial charge in [-0.2, -0.15) is 0 Å². The van der Waals surface area contributed by atoms with Crippen molar-refractivity contribution in [1.29, 1.82) is 0 Å². The summed E-state index contributed by atoms with van der Waals surface area (Å²) >= 11 is 0. The van der Waals surface area contributed by atoms with E-state index in [1.807, 2.05) is 6.07 Å². The van der Waals surface area contributed by atoms with Crippen LogP contribution in [-0.4, -0.2) is 9.13 Å². The van der Waals surface area contributed by atoms with Crippen LogP contribution >= 0.6 is 0 Å². The molecule has 11 aromatic carbocycles. The standard InChI is InChI=1S/C64H41N3O/c1-3-16-45(17-4-1)65-58-27-13-10-23-52(58)56-40-43(33-38-60(56)65)42-30-34-47(35-31-42)66(61-28-15-25-55-54-24-11-14-29-63(54)68-64(55)61)59-39-37-48(49-20-7-8-21-50(49)59)44-32-36-53-51-22-9-12-26-57(51)67(62(53)41-44)46-18-5-2-6-19-46/h1-41H. The van der Waals surface area contributed by atoms with E-state index >= 15 is 0 Å². The molecule has 0 unspecified atom stereocenters. The molecule has 0 fully saturated rings. The van der Waals surface area contributed by atoms with Crippen molar-refractivity contribution < 1.29 is 4.42 Å². The quantitative estimate of drug-likeness (QED) is 0.160. The number of hydrogen-bond acceptors (Lipinski definition) is 2. The molecule has 3 heterocycles. The van der Waals surface area contributed by atoms with Crippen LogP contribution in [0.4, 0.5) is 17.1 Å². The van der Waals surface area contributed by atoms with Crippen molar-refractivity contribution >= 4 is 93.4 Å².